The Morgan fingerprint density at radius 2 is 1.91 bits per heavy atom. The third-order valence-electron chi connectivity index (χ3n) is 2.05. The van der Waals surface area contributed by atoms with Gasteiger partial charge in [-0.1, -0.05) is 6.92 Å². The molecule has 0 aliphatic heterocycles. The summed E-state index contributed by atoms with van der Waals surface area (Å²) < 4.78 is 0. The SMILES string of the molecule is CC[CH]NC1C[C@@H](O)[C@@H](O)C1. The van der Waals surface area contributed by atoms with E-state index >= 15 is 0 Å². The molecule has 1 saturated carbocycles. The van der Waals surface area contributed by atoms with Crippen LogP contribution < -0.4 is 5.32 Å². The van der Waals surface area contributed by atoms with E-state index in [1.54, 1.807) is 0 Å². The van der Waals surface area contributed by atoms with Gasteiger partial charge in [-0.25, -0.2) is 0 Å². The smallest absolute Gasteiger partial charge is 0.0814 e. The fraction of sp³-hybridized carbons (Fsp3) is 0.875. The Morgan fingerprint density at radius 3 is 2.36 bits per heavy atom. The molecule has 0 aromatic heterocycles. The van der Waals surface area contributed by atoms with Gasteiger partial charge in [0.05, 0.1) is 12.2 Å². The zero-order chi connectivity index (χ0) is 8.27. The summed E-state index contributed by atoms with van der Waals surface area (Å²) in [7, 11) is 0. The molecule has 0 heterocycles. The van der Waals surface area contributed by atoms with Crippen LogP contribution >= 0.6 is 0 Å². The Labute approximate surface area is 67.4 Å². The first-order chi connectivity index (χ1) is 5.24. The molecule has 0 amide bonds. The Bertz CT molecular complexity index is 109. The molecule has 1 radical (unpaired) electrons. The van der Waals surface area contributed by atoms with E-state index in [9.17, 15) is 0 Å². The molecule has 1 aliphatic rings. The van der Waals surface area contributed by atoms with Crippen LogP contribution in [0, 0.1) is 6.54 Å². The maximum Gasteiger partial charge on any atom is 0.0814 e. The highest BCUT2D eigenvalue weighted by molar-refractivity contribution is 4.88. The van der Waals surface area contributed by atoms with Crippen molar-refractivity contribution in [1.29, 1.82) is 0 Å². The lowest BCUT2D eigenvalue weighted by Gasteiger charge is -2.09. The third-order valence-corrected chi connectivity index (χ3v) is 2.05. The first kappa shape index (κ1) is 8.97. The average Bonchev–Trinajstić information content (AvgIpc) is 2.28. The normalized spacial score (nSPS) is 37.9. The lowest BCUT2D eigenvalue weighted by Crippen LogP contribution is -2.24. The van der Waals surface area contributed by atoms with E-state index < -0.39 is 12.2 Å². The molecule has 1 rings (SSSR count). The molecule has 3 atom stereocenters. The first-order valence-electron chi connectivity index (χ1n) is 4.18. The van der Waals surface area contributed by atoms with Gasteiger partial charge in [0.25, 0.3) is 0 Å². The Kier molecular flexibility index (Phi) is 3.30. The summed E-state index contributed by atoms with van der Waals surface area (Å²) in [5.74, 6) is 0. The first-order valence-corrected chi connectivity index (χ1v) is 4.18. The number of hydrogen-bond acceptors (Lipinski definition) is 3. The van der Waals surface area contributed by atoms with Crippen LogP contribution in [0.15, 0.2) is 0 Å². The molecule has 1 unspecified atom stereocenters. The molecule has 0 aromatic rings. The van der Waals surface area contributed by atoms with Crippen LogP contribution in [0.1, 0.15) is 26.2 Å². The van der Waals surface area contributed by atoms with Gasteiger partial charge in [0.1, 0.15) is 0 Å². The van der Waals surface area contributed by atoms with Crippen molar-refractivity contribution in [3.8, 4) is 0 Å². The predicted molar refractivity (Wildman–Crippen MR) is 42.8 cm³/mol. The maximum absolute atomic E-state index is 9.16. The van der Waals surface area contributed by atoms with E-state index in [1.165, 1.54) is 0 Å². The number of hydrogen-bond donors (Lipinski definition) is 3. The molecule has 3 nitrogen and oxygen atoms in total. The minimum Gasteiger partial charge on any atom is -0.390 e. The topological polar surface area (TPSA) is 52.5 Å². The van der Waals surface area contributed by atoms with Crippen molar-refractivity contribution in [2.45, 2.75) is 44.4 Å². The summed E-state index contributed by atoms with van der Waals surface area (Å²) in [5, 5.41) is 21.5. The summed E-state index contributed by atoms with van der Waals surface area (Å²) in [6, 6.07) is 0.264. The minimum absolute atomic E-state index is 0.264. The van der Waals surface area contributed by atoms with Crippen LogP contribution in [-0.2, 0) is 0 Å². The number of nitrogens with one attached hydrogen (secondary N) is 1. The molecule has 0 spiro atoms. The van der Waals surface area contributed by atoms with Crippen LogP contribution in [0.4, 0.5) is 0 Å². The molecule has 65 valence electrons. The average molecular weight is 158 g/mol. The number of aliphatic hydroxyl groups is 2. The van der Waals surface area contributed by atoms with E-state index in [1.807, 2.05) is 6.54 Å². The standard InChI is InChI=1S/C8H16NO2/c1-2-3-9-6-4-7(10)8(11)5-6/h3,6-11H,2,4-5H2,1H3/t6?,7-,8+. The van der Waals surface area contributed by atoms with Gasteiger partial charge >= 0.3 is 0 Å². The van der Waals surface area contributed by atoms with Crippen LogP contribution in [0.5, 0.6) is 0 Å². The minimum atomic E-state index is -0.530. The highest BCUT2D eigenvalue weighted by atomic mass is 16.3. The highest BCUT2D eigenvalue weighted by Gasteiger charge is 2.30. The molecule has 3 N–H and O–H groups in total. The molecular formula is C8H16NO2. The quantitative estimate of drug-likeness (QED) is 0.543. The Balaban J connectivity index is 2.18. The van der Waals surface area contributed by atoms with Crippen molar-refractivity contribution < 1.29 is 10.2 Å². The summed E-state index contributed by atoms with van der Waals surface area (Å²) in [5.41, 5.74) is 0. The van der Waals surface area contributed by atoms with Gasteiger partial charge in [0.2, 0.25) is 0 Å². The van der Waals surface area contributed by atoms with Crippen molar-refractivity contribution in [2.75, 3.05) is 0 Å². The molecular weight excluding hydrogens is 142 g/mol. The molecule has 11 heavy (non-hydrogen) atoms. The fourth-order valence-corrected chi connectivity index (χ4v) is 1.41. The van der Waals surface area contributed by atoms with Crippen molar-refractivity contribution in [3.05, 3.63) is 6.54 Å². The van der Waals surface area contributed by atoms with Crippen molar-refractivity contribution >= 4 is 0 Å². The second kappa shape index (κ2) is 4.04. The Hall–Kier alpha value is -0.120. The monoisotopic (exact) mass is 158 g/mol. The maximum atomic E-state index is 9.16. The van der Waals surface area contributed by atoms with Gasteiger partial charge in [-0.05, 0) is 19.3 Å². The van der Waals surface area contributed by atoms with E-state index in [-0.39, 0.29) is 6.04 Å². The molecule has 3 heteroatoms. The second-order valence-corrected chi connectivity index (χ2v) is 3.08. The molecule has 1 fully saturated rings. The summed E-state index contributed by atoms with van der Waals surface area (Å²) in [6.45, 7) is 4.02. The van der Waals surface area contributed by atoms with Gasteiger partial charge in [-0.3, -0.25) is 0 Å². The van der Waals surface area contributed by atoms with Gasteiger partial charge in [0.15, 0.2) is 0 Å². The zero-order valence-corrected chi connectivity index (χ0v) is 6.83. The van der Waals surface area contributed by atoms with Crippen molar-refractivity contribution in [1.82, 2.24) is 5.32 Å². The summed E-state index contributed by atoms with van der Waals surface area (Å²) in [6.07, 6.45) is 1.24. The van der Waals surface area contributed by atoms with Crippen LogP contribution in [-0.4, -0.2) is 28.5 Å². The van der Waals surface area contributed by atoms with Gasteiger partial charge in [0, 0.05) is 12.6 Å². The number of aliphatic hydroxyl groups excluding tert-OH is 2. The van der Waals surface area contributed by atoms with Crippen LogP contribution in [0.2, 0.25) is 0 Å². The van der Waals surface area contributed by atoms with E-state index in [0.29, 0.717) is 12.8 Å². The third kappa shape index (κ3) is 2.43. The molecule has 0 aromatic carbocycles. The van der Waals surface area contributed by atoms with E-state index in [0.717, 1.165) is 6.42 Å². The Morgan fingerprint density at radius 1 is 1.36 bits per heavy atom. The van der Waals surface area contributed by atoms with E-state index in [4.69, 9.17) is 10.2 Å². The van der Waals surface area contributed by atoms with Gasteiger partial charge in [-0.15, -0.1) is 0 Å². The lowest BCUT2D eigenvalue weighted by molar-refractivity contribution is 0.0438. The van der Waals surface area contributed by atoms with Crippen molar-refractivity contribution in [2.24, 2.45) is 0 Å². The molecule has 1 aliphatic carbocycles. The largest absolute Gasteiger partial charge is 0.390 e. The van der Waals surface area contributed by atoms with Crippen LogP contribution in [0.3, 0.4) is 0 Å². The molecule has 0 saturated heterocycles. The molecule has 0 bridgehead atoms. The zero-order valence-electron chi connectivity index (χ0n) is 6.83. The fourth-order valence-electron chi connectivity index (χ4n) is 1.41. The van der Waals surface area contributed by atoms with E-state index in [2.05, 4.69) is 12.2 Å². The van der Waals surface area contributed by atoms with Crippen LogP contribution in [0.25, 0.3) is 0 Å². The second-order valence-electron chi connectivity index (χ2n) is 3.08. The summed E-state index contributed by atoms with van der Waals surface area (Å²) in [4.78, 5) is 0. The highest BCUT2D eigenvalue weighted by Crippen LogP contribution is 2.19. The van der Waals surface area contributed by atoms with Crippen molar-refractivity contribution in [3.63, 3.8) is 0 Å². The predicted octanol–water partition coefficient (Wildman–Crippen LogP) is 0.0320. The van der Waals surface area contributed by atoms with Gasteiger partial charge < -0.3 is 15.5 Å². The summed E-state index contributed by atoms with van der Waals surface area (Å²) >= 11 is 0. The number of rotatable bonds is 3. The van der Waals surface area contributed by atoms with Gasteiger partial charge in [-0.2, -0.15) is 0 Å². The lowest BCUT2D eigenvalue weighted by atomic mass is 10.2.